The molecule has 3 nitrogen and oxygen atoms in total. The Morgan fingerprint density at radius 3 is 2.50 bits per heavy atom. The predicted octanol–water partition coefficient (Wildman–Crippen LogP) is 2.75. The molecule has 100 valence electrons. The summed E-state index contributed by atoms with van der Waals surface area (Å²) >= 11 is 0. The number of nitrogens with one attached hydrogen (secondary N) is 1. The molecule has 0 fully saturated rings. The van der Waals surface area contributed by atoms with Crippen LogP contribution in [0.5, 0.6) is 0 Å². The van der Waals surface area contributed by atoms with E-state index in [4.69, 9.17) is 4.74 Å². The van der Waals surface area contributed by atoms with Crippen LogP contribution in [0.25, 0.3) is 0 Å². The lowest BCUT2D eigenvalue weighted by Crippen LogP contribution is -2.42. The average Bonchev–Trinajstić information content (AvgIpc) is 2.42. The van der Waals surface area contributed by atoms with Crippen molar-refractivity contribution < 1.29 is 9.53 Å². The number of carbonyl (C=O) groups excluding carboxylic acids is 1. The molecule has 1 aromatic rings. The lowest BCUT2D eigenvalue weighted by Gasteiger charge is -2.22. The Bertz CT molecular complexity index is 351. The molecule has 1 rings (SSSR count). The van der Waals surface area contributed by atoms with Crippen molar-refractivity contribution in [1.82, 2.24) is 5.32 Å². The molecule has 0 aliphatic heterocycles. The number of likely N-dealkylation sites (N-methyl/N-ethyl adjacent to an activating group) is 1. The largest absolute Gasteiger partial charge is 0.460 e. The number of rotatable bonds is 7. The van der Waals surface area contributed by atoms with Crippen molar-refractivity contribution in [2.75, 3.05) is 6.54 Å². The summed E-state index contributed by atoms with van der Waals surface area (Å²) in [6.45, 7) is 7.27. The van der Waals surface area contributed by atoms with E-state index in [2.05, 4.69) is 19.2 Å². The zero-order chi connectivity index (χ0) is 13.4. The normalized spacial score (nSPS) is 13.9. The second-order valence-corrected chi connectivity index (χ2v) is 4.51. The first-order valence-corrected chi connectivity index (χ1v) is 6.63. The lowest BCUT2D eigenvalue weighted by molar-refractivity contribution is -0.149. The fourth-order valence-corrected chi connectivity index (χ4v) is 1.79. The minimum atomic E-state index is -0.205. The molecule has 2 atom stereocenters. The first-order chi connectivity index (χ1) is 8.69. The Morgan fingerprint density at radius 2 is 1.94 bits per heavy atom. The standard InChI is InChI=1S/C15H23NO2/c1-4-12(3)14(16-5-2)15(17)18-11-13-9-7-6-8-10-13/h6-10,12,14,16H,4-5,11H2,1-3H3. The highest BCUT2D eigenvalue weighted by atomic mass is 16.5. The van der Waals surface area contributed by atoms with Gasteiger partial charge in [-0.1, -0.05) is 57.5 Å². The van der Waals surface area contributed by atoms with Crippen molar-refractivity contribution in [2.45, 2.75) is 39.8 Å². The van der Waals surface area contributed by atoms with Crippen LogP contribution in [0.15, 0.2) is 30.3 Å². The van der Waals surface area contributed by atoms with Crippen molar-refractivity contribution in [2.24, 2.45) is 5.92 Å². The number of carbonyl (C=O) groups is 1. The van der Waals surface area contributed by atoms with E-state index in [1.54, 1.807) is 0 Å². The third-order valence-corrected chi connectivity index (χ3v) is 3.11. The molecular formula is C15H23NO2. The second kappa shape index (κ2) is 7.88. The molecule has 18 heavy (non-hydrogen) atoms. The third kappa shape index (κ3) is 4.49. The van der Waals surface area contributed by atoms with Gasteiger partial charge in [-0.15, -0.1) is 0 Å². The van der Waals surface area contributed by atoms with Gasteiger partial charge in [0, 0.05) is 0 Å². The van der Waals surface area contributed by atoms with E-state index in [0.717, 1.165) is 18.5 Å². The van der Waals surface area contributed by atoms with Crippen molar-refractivity contribution in [3.8, 4) is 0 Å². The lowest BCUT2D eigenvalue weighted by atomic mass is 9.99. The molecule has 2 unspecified atom stereocenters. The van der Waals surface area contributed by atoms with Crippen LogP contribution in [0, 0.1) is 5.92 Å². The molecule has 0 bridgehead atoms. The summed E-state index contributed by atoms with van der Waals surface area (Å²) in [7, 11) is 0. The molecule has 0 amide bonds. The Balaban J connectivity index is 2.51. The summed E-state index contributed by atoms with van der Waals surface area (Å²) in [5.41, 5.74) is 1.02. The van der Waals surface area contributed by atoms with Gasteiger partial charge in [0.2, 0.25) is 0 Å². The molecule has 1 N–H and O–H groups in total. The maximum Gasteiger partial charge on any atom is 0.323 e. The van der Waals surface area contributed by atoms with Gasteiger partial charge >= 0.3 is 5.97 Å². The summed E-state index contributed by atoms with van der Waals surface area (Å²) in [6.07, 6.45) is 0.956. The van der Waals surface area contributed by atoms with E-state index in [1.165, 1.54) is 0 Å². The van der Waals surface area contributed by atoms with Crippen LogP contribution >= 0.6 is 0 Å². The molecule has 0 aromatic heterocycles. The number of benzene rings is 1. The van der Waals surface area contributed by atoms with E-state index < -0.39 is 0 Å². The van der Waals surface area contributed by atoms with E-state index in [1.807, 2.05) is 37.3 Å². The van der Waals surface area contributed by atoms with Gasteiger partial charge in [-0.2, -0.15) is 0 Å². The zero-order valence-corrected chi connectivity index (χ0v) is 11.5. The smallest absolute Gasteiger partial charge is 0.323 e. The topological polar surface area (TPSA) is 38.3 Å². The SMILES string of the molecule is CCNC(C(=O)OCc1ccccc1)C(C)CC. The molecule has 0 spiro atoms. The van der Waals surface area contributed by atoms with Gasteiger partial charge in [-0.25, -0.2) is 0 Å². The number of hydrogen-bond acceptors (Lipinski definition) is 3. The van der Waals surface area contributed by atoms with E-state index in [0.29, 0.717) is 6.61 Å². The highest BCUT2D eigenvalue weighted by molar-refractivity contribution is 5.76. The zero-order valence-electron chi connectivity index (χ0n) is 11.5. The van der Waals surface area contributed by atoms with Gasteiger partial charge in [-0.05, 0) is 18.0 Å². The van der Waals surface area contributed by atoms with E-state index in [9.17, 15) is 4.79 Å². The molecule has 1 aromatic carbocycles. The van der Waals surface area contributed by atoms with Crippen LogP contribution in [-0.2, 0) is 16.1 Å². The summed E-state index contributed by atoms with van der Waals surface area (Å²) < 4.78 is 5.36. The van der Waals surface area contributed by atoms with Crippen molar-refractivity contribution in [1.29, 1.82) is 0 Å². The summed E-state index contributed by atoms with van der Waals surface area (Å²) in [6, 6.07) is 9.55. The molecular weight excluding hydrogens is 226 g/mol. The quantitative estimate of drug-likeness (QED) is 0.755. The van der Waals surface area contributed by atoms with Crippen molar-refractivity contribution >= 4 is 5.97 Å². The Morgan fingerprint density at radius 1 is 1.28 bits per heavy atom. The fraction of sp³-hybridized carbons (Fsp3) is 0.533. The maximum absolute atomic E-state index is 12.0. The molecule has 0 saturated carbocycles. The predicted molar refractivity (Wildman–Crippen MR) is 73.2 cm³/mol. The molecule has 0 saturated heterocycles. The number of ether oxygens (including phenoxy) is 1. The first-order valence-electron chi connectivity index (χ1n) is 6.63. The van der Waals surface area contributed by atoms with E-state index >= 15 is 0 Å². The minimum Gasteiger partial charge on any atom is -0.460 e. The van der Waals surface area contributed by atoms with Crippen LogP contribution in [0.1, 0.15) is 32.8 Å². The molecule has 0 radical (unpaired) electrons. The van der Waals surface area contributed by atoms with Gasteiger partial charge in [0.05, 0.1) is 0 Å². The Hall–Kier alpha value is -1.35. The Labute approximate surface area is 110 Å². The maximum atomic E-state index is 12.0. The molecule has 3 heteroatoms. The highest BCUT2D eigenvalue weighted by Gasteiger charge is 2.24. The van der Waals surface area contributed by atoms with Crippen molar-refractivity contribution in [3.05, 3.63) is 35.9 Å². The van der Waals surface area contributed by atoms with Gasteiger partial charge in [-0.3, -0.25) is 4.79 Å². The van der Waals surface area contributed by atoms with Crippen LogP contribution in [0.4, 0.5) is 0 Å². The van der Waals surface area contributed by atoms with Crippen LogP contribution in [0.3, 0.4) is 0 Å². The highest BCUT2D eigenvalue weighted by Crippen LogP contribution is 2.10. The Kier molecular flexibility index (Phi) is 6.44. The summed E-state index contributed by atoms with van der Waals surface area (Å²) in [4.78, 5) is 12.0. The second-order valence-electron chi connectivity index (χ2n) is 4.51. The summed E-state index contributed by atoms with van der Waals surface area (Å²) in [5.74, 6) is 0.128. The minimum absolute atomic E-state index is 0.157. The average molecular weight is 249 g/mol. The van der Waals surface area contributed by atoms with E-state index in [-0.39, 0.29) is 17.9 Å². The van der Waals surface area contributed by atoms with Gasteiger partial charge in [0.1, 0.15) is 12.6 Å². The number of hydrogen-bond donors (Lipinski definition) is 1. The monoisotopic (exact) mass is 249 g/mol. The van der Waals surface area contributed by atoms with Gasteiger partial charge in [0.15, 0.2) is 0 Å². The van der Waals surface area contributed by atoms with Gasteiger partial charge < -0.3 is 10.1 Å². The van der Waals surface area contributed by atoms with Crippen LogP contribution in [0.2, 0.25) is 0 Å². The fourth-order valence-electron chi connectivity index (χ4n) is 1.79. The van der Waals surface area contributed by atoms with Crippen molar-refractivity contribution in [3.63, 3.8) is 0 Å². The molecule has 0 aliphatic carbocycles. The first kappa shape index (κ1) is 14.7. The molecule has 0 heterocycles. The molecule has 0 aliphatic rings. The summed E-state index contributed by atoms with van der Waals surface area (Å²) in [5, 5.41) is 3.19. The van der Waals surface area contributed by atoms with Crippen LogP contribution < -0.4 is 5.32 Å². The third-order valence-electron chi connectivity index (χ3n) is 3.11. The van der Waals surface area contributed by atoms with Gasteiger partial charge in [0.25, 0.3) is 0 Å². The van der Waals surface area contributed by atoms with Crippen LogP contribution in [-0.4, -0.2) is 18.6 Å². The number of esters is 1.